The number of imidazole rings is 1. The highest BCUT2D eigenvalue weighted by atomic mass is 16.5. The number of ether oxygens (including phenoxy) is 1. The maximum absolute atomic E-state index is 13.1. The van der Waals surface area contributed by atoms with Gasteiger partial charge in [0.15, 0.2) is 0 Å². The van der Waals surface area contributed by atoms with E-state index in [4.69, 9.17) is 15.0 Å². The first kappa shape index (κ1) is 20.5. The van der Waals surface area contributed by atoms with Gasteiger partial charge in [0.1, 0.15) is 5.82 Å². The molecule has 5 rings (SSSR count). The van der Waals surface area contributed by atoms with Gasteiger partial charge in [-0.15, -0.1) is 0 Å². The Balaban J connectivity index is 1.34. The fourth-order valence-electron chi connectivity index (χ4n) is 4.45. The van der Waals surface area contributed by atoms with Crippen molar-refractivity contribution < 1.29 is 9.53 Å². The van der Waals surface area contributed by atoms with Gasteiger partial charge in [0, 0.05) is 30.1 Å². The Morgan fingerprint density at radius 2 is 1.91 bits per heavy atom. The predicted octanol–water partition coefficient (Wildman–Crippen LogP) is 4.09. The zero-order valence-electron chi connectivity index (χ0n) is 18.6. The average molecular weight is 427 g/mol. The summed E-state index contributed by atoms with van der Waals surface area (Å²) in [5.41, 5.74) is 6.48. The minimum absolute atomic E-state index is 0.0490. The number of likely N-dealkylation sites (tertiary alicyclic amines) is 1. The van der Waals surface area contributed by atoms with Crippen molar-refractivity contribution in [3.05, 3.63) is 76.2 Å². The Morgan fingerprint density at radius 1 is 1.19 bits per heavy atom. The Hall–Kier alpha value is -3.43. The lowest BCUT2D eigenvalue weighted by Gasteiger charge is -2.39. The largest absolute Gasteiger partial charge is 0.379 e. The van der Waals surface area contributed by atoms with Crippen LogP contribution in [0.25, 0.3) is 11.3 Å². The number of rotatable bonds is 4. The maximum Gasteiger partial charge on any atom is 0.253 e. The topological polar surface area (TPSA) is 82.0 Å². The van der Waals surface area contributed by atoms with Crippen LogP contribution in [-0.2, 0) is 10.2 Å². The van der Waals surface area contributed by atoms with E-state index in [1.807, 2.05) is 54.3 Å². The lowest BCUT2D eigenvalue weighted by atomic mass is 9.88. The molecule has 1 amide bonds. The van der Waals surface area contributed by atoms with Gasteiger partial charge < -0.3 is 14.6 Å². The monoisotopic (exact) mass is 426 g/mol. The Kier molecular flexibility index (Phi) is 4.87. The highest BCUT2D eigenvalue weighted by Gasteiger charge is 2.39. The van der Waals surface area contributed by atoms with E-state index in [-0.39, 0.29) is 11.3 Å². The van der Waals surface area contributed by atoms with E-state index in [2.05, 4.69) is 24.9 Å². The number of hydrogen-bond acceptors (Lipinski definition) is 4. The molecule has 0 atom stereocenters. The normalized spacial score (nSPS) is 17.4. The van der Waals surface area contributed by atoms with Crippen LogP contribution in [0.4, 0.5) is 0 Å². The summed E-state index contributed by atoms with van der Waals surface area (Å²) in [6, 6.07) is 15.7. The van der Waals surface area contributed by atoms with Gasteiger partial charge in [-0.1, -0.05) is 18.2 Å². The van der Waals surface area contributed by atoms with Gasteiger partial charge in [0.2, 0.25) is 0 Å². The molecular formula is C26H26N4O2. The van der Waals surface area contributed by atoms with E-state index in [0.29, 0.717) is 43.3 Å². The van der Waals surface area contributed by atoms with E-state index in [9.17, 15) is 4.79 Å². The lowest BCUT2D eigenvalue weighted by molar-refractivity contribution is -0.0539. The zero-order valence-corrected chi connectivity index (χ0v) is 18.6. The highest BCUT2D eigenvalue weighted by molar-refractivity contribution is 5.96. The number of nitrogens with one attached hydrogen (secondary N) is 1. The molecule has 1 aromatic heterocycles. The second-order valence-electron chi connectivity index (χ2n) is 9.27. The van der Waals surface area contributed by atoms with E-state index >= 15 is 0 Å². The number of hydrogen-bond donors (Lipinski definition) is 1. The summed E-state index contributed by atoms with van der Waals surface area (Å²) in [7, 11) is 0. The highest BCUT2D eigenvalue weighted by Crippen LogP contribution is 2.34. The van der Waals surface area contributed by atoms with Gasteiger partial charge in [-0.3, -0.25) is 4.79 Å². The number of carbonyl (C=O) groups is 1. The first-order valence-corrected chi connectivity index (χ1v) is 10.9. The van der Waals surface area contributed by atoms with Crippen LogP contribution in [0, 0.1) is 25.2 Å². The molecule has 2 fully saturated rings. The number of nitriles is 1. The van der Waals surface area contributed by atoms with Crippen molar-refractivity contribution in [3.63, 3.8) is 0 Å². The third-order valence-electron chi connectivity index (χ3n) is 6.73. The fraction of sp³-hybridized carbons (Fsp3) is 0.346. The molecular weight excluding hydrogens is 400 g/mol. The molecule has 2 aliphatic rings. The van der Waals surface area contributed by atoms with Crippen molar-refractivity contribution in [2.24, 2.45) is 0 Å². The van der Waals surface area contributed by atoms with Crippen LogP contribution in [0.2, 0.25) is 0 Å². The van der Waals surface area contributed by atoms with Crippen LogP contribution in [0.15, 0.2) is 42.5 Å². The van der Waals surface area contributed by atoms with Gasteiger partial charge in [0.05, 0.1) is 41.6 Å². The first-order valence-electron chi connectivity index (χ1n) is 10.9. The van der Waals surface area contributed by atoms with Crippen LogP contribution in [0.5, 0.6) is 0 Å². The summed E-state index contributed by atoms with van der Waals surface area (Å²) < 4.78 is 5.39. The van der Waals surface area contributed by atoms with Crippen molar-refractivity contribution in [2.45, 2.75) is 32.1 Å². The smallest absolute Gasteiger partial charge is 0.253 e. The minimum atomic E-state index is -0.0670. The molecule has 2 aliphatic heterocycles. The standard InChI is InChI=1S/C26H26N4O2/c1-16-4-7-20(10-22(16)23-17(2)28-25(29-23)26(3)14-32-15-26)24(31)30-12-21(13-30)19-8-5-18(11-27)6-9-19/h4-10,21H,12-15H2,1-3H3,(H,28,29). The Morgan fingerprint density at radius 3 is 2.53 bits per heavy atom. The van der Waals surface area contributed by atoms with Crippen molar-refractivity contribution >= 4 is 5.91 Å². The third kappa shape index (κ3) is 3.39. The van der Waals surface area contributed by atoms with Crippen LogP contribution in [0.1, 0.15) is 51.4 Å². The van der Waals surface area contributed by atoms with E-state index in [0.717, 1.165) is 28.3 Å². The summed E-state index contributed by atoms with van der Waals surface area (Å²) in [4.78, 5) is 23.3. The molecule has 162 valence electrons. The predicted molar refractivity (Wildman–Crippen MR) is 121 cm³/mol. The molecule has 6 nitrogen and oxygen atoms in total. The molecule has 0 spiro atoms. The Labute approximate surface area is 187 Å². The molecule has 6 heteroatoms. The summed E-state index contributed by atoms with van der Waals surface area (Å²) in [6.45, 7) is 8.95. The van der Waals surface area contributed by atoms with Crippen LogP contribution in [-0.4, -0.2) is 47.1 Å². The molecule has 0 aliphatic carbocycles. The molecule has 3 heterocycles. The van der Waals surface area contributed by atoms with Gasteiger partial charge >= 0.3 is 0 Å². The van der Waals surface area contributed by atoms with Crippen molar-refractivity contribution in [2.75, 3.05) is 26.3 Å². The van der Waals surface area contributed by atoms with Crippen LogP contribution >= 0.6 is 0 Å². The molecule has 1 N–H and O–H groups in total. The number of aromatic nitrogens is 2. The number of aromatic amines is 1. The Bertz CT molecular complexity index is 1230. The number of amides is 1. The average Bonchev–Trinajstić information content (AvgIpc) is 3.13. The quantitative estimate of drug-likeness (QED) is 0.681. The number of carbonyl (C=O) groups excluding carboxylic acids is 1. The number of H-pyrrole nitrogens is 1. The summed E-state index contributed by atoms with van der Waals surface area (Å²) in [5, 5.41) is 8.96. The molecule has 0 saturated carbocycles. The fourth-order valence-corrected chi connectivity index (χ4v) is 4.45. The van der Waals surface area contributed by atoms with Gasteiger partial charge in [0.25, 0.3) is 5.91 Å². The second kappa shape index (κ2) is 7.61. The molecule has 0 bridgehead atoms. The van der Waals surface area contributed by atoms with E-state index < -0.39 is 0 Å². The molecule has 32 heavy (non-hydrogen) atoms. The number of benzene rings is 2. The molecule has 2 saturated heterocycles. The van der Waals surface area contributed by atoms with Gasteiger partial charge in [-0.2, -0.15) is 5.26 Å². The number of aryl methyl sites for hydroxylation is 2. The maximum atomic E-state index is 13.1. The third-order valence-corrected chi connectivity index (χ3v) is 6.73. The van der Waals surface area contributed by atoms with Crippen LogP contribution < -0.4 is 0 Å². The molecule has 0 radical (unpaired) electrons. The van der Waals surface area contributed by atoms with E-state index in [1.54, 1.807) is 0 Å². The van der Waals surface area contributed by atoms with E-state index in [1.165, 1.54) is 5.56 Å². The lowest BCUT2D eigenvalue weighted by Crippen LogP contribution is -2.48. The SMILES string of the molecule is Cc1ccc(C(=O)N2CC(c3ccc(C#N)cc3)C2)cc1-c1[nH]c(C2(C)COC2)nc1C. The van der Waals surface area contributed by atoms with Crippen molar-refractivity contribution in [3.8, 4) is 17.3 Å². The minimum Gasteiger partial charge on any atom is -0.379 e. The second-order valence-corrected chi connectivity index (χ2v) is 9.27. The summed E-state index contributed by atoms with van der Waals surface area (Å²) >= 11 is 0. The van der Waals surface area contributed by atoms with Crippen molar-refractivity contribution in [1.82, 2.24) is 14.9 Å². The zero-order chi connectivity index (χ0) is 22.5. The van der Waals surface area contributed by atoms with Gasteiger partial charge in [-0.25, -0.2) is 4.98 Å². The summed E-state index contributed by atoms with van der Waals surface area (Å²) in [6.07, 6.45) is 0. The van der Waals surface area contributed by atoms with Gasteiger partial charge in [-0.05, 0) is 56.2 Å². The summed E-state index contributed by atoms with van der Waals surface area (Å²) in [5.74, 6) is 1.31. The molecule has 3 aromatic rings. The molecule has 2 aromatic carbocycles. The first-order chi connectivity index (χ1) is 15.4. The van der Waals surface area contributed by atoms with Crippen molar-refractivity contribution in [1.29, 1.82) is 5.26 Å². The van der Waals surface area contributed by atoms with Crippen LogP contribution in [0.3, 0.4) is 0 Å². The molecule has 0 unspecified atom stereocenters. The number of nitrogens with zero attached hydrogens (tertiary/aromatic N) is 3.